The molecule has 0 spiro atoms. The molecular formula is C18H16N4O3S. The van der Waals surface area contributed by atoms with Gasteiger partial charge in [0.2, 0.25) is 11.0 Å². The van der Waals surface area contributed by atoms with Crippen molar-refractivity contribution in [2.75, 3.05) is 11.1 Å². The zero-order valence-corrected chi connectivity index (χ0v) is 14.7. The number of fused-ring (bicyclic) bond motifs is 3. The molecule has 0 bridgehead atoms. The van der Waals surface area contributed by atoms with Crippen LogP contribution in [0.1, 0.15) is 18.7 Å². The molecule has 4 rings (SSSR count). The van der Waals surface area contributed by atoms with Crippen molar-refractivity contribution < 1.29 is 14.9 Å². The molecule has 1 aliphatic rings. The maximum Gasteiger partial charge on any atom is 0.247 e. The molecule has 0 unspecified atom stereocenters. The molecule has 7 nitrogen and oxygen atoms in total. The lowest BCUT2D eigenvalue weighted by Crippen LogP contribution is -2.17. The van der Waals surface area contributed by atoms with Crippen LogP contribution < -0.4 is 10.1 Å². The predicted octanol–water partition coefficient (Wildman–Crippen LogP) is 3.56. The molecule has 1 aliphatic heterocycles. The van der Waals surface area contributed by atoms with Crippen LogP contribution in [0.2, 0.25) is 0 Å². The predicted molar refractivity (Wildman–Crippen MR) is 98.4 cm³/mol. The number of ether oxygens (including phenoxy) is 1. The van der Waals surface area contributed by atoms with Crippen molar-refractivity contribution in [3.63, 3.8) is 0 Å². The van der Waals surface area contributed by atoms with Crippen LogP contribution in [0.4, 0.5) is 5.69 Å². The van der Waals surface area contributed by atoms with E-state index >= 15 is 0 Å². The van der Waals surface area contributed by atoms with Crippen molar-refractivity contribution in [2.45, 2.75) is 18.3 Å². The normalized spacial score (nSPS) is 15.2. The van der Waals surface area contributed by atoms with Gasteiger partial charge in [-0.15, -0.1) is 10.2 Å². The number of nitrogens with one attached hydrogen (secondary N) is 1. The van der Waals surface area contributed by atoms with E-state index in [4.69, 9.17) is 4.74 Å². The highest BCUT2D eigenvalue weighted by atomic mass is 32.2. The molecule has 132 valence electrons. The summed E-state index contributed by atoms with van der Waals surface area (Å²) in [7, 11) is 0. The molecule has 0 saturated carbocycles. The highest BCUT2D eigenvalue weighted by molar-refractivity contribution is 7.99. The minimum Gasteiger partial charge on any atom is -0.504 e. The van der Waals surface area contributed by atoms with Gasteiger partial charge < -0.3 is 20.3 Å². The number of anilines is 1. The van der Waals surface area contributed by atoms with Crippen LogP contribution >= 0.6 is 11.8 Å². The molecule has 0 amide bonds. The highest BCUT2D eigenvalue weighted by Gasteiger charge is 2.26. The Hall–Kier alpha value is -3.00. The number of thioether (sulfide) groups is 1. The van der Waals surface area contributed by atoms with Crippen molar-refractivity contribution in [1.29, 1.82) is 0 Å². The average Bonchev–Trinajstić information content (AvgIpc) is 2.81. The zero-order chi connectivity index (χ0) is 18.1. The fourth-order valence-corrected chi connectivity index (χ4v) is 3.20. The third-order valence-corrected chi connectivity index (χ3v) is 4.63. The highest BCUT2D eigenvalue weighted by Crippen LogP contribution is 2.40. The summed E-state index contributed by atoms with van der Waals surface area (Å²) in [5, 5.41) is 31.7. The Morgan fingerprint density at radius 3 is 2.77 bits per heavy atom. The maximum absolute atomic E-state index is 9.83. The molecule has 2 heterocycles. The molecular weight excluding hydrogens is 352 g/mol. The molecule has 2 aromatic carbocycles. The summed E-state index contributed by atoms with van der Waals surface area (Å²) in [5.41, 5.74) is 2.85. The van der Waals surface area contributed by atoms with Gasteiger partial charge in [0.05, 0.1) is 0 Å². The number of para-hydroxylation sites is 1. The van der Waals surface area contributed by atoms with Crippen molar-refractivity contribution in [1.82, 2.24) is 15.2 Å². The van der Waals surface area contributed by atoms with Gasteiger partial charge in [-0.2, -0.15) is 4.98 Å². The number of phenols is 2. The molecule has 1 atom stereocenters. The molecule has 0 fully saturated rings. The molecule has 0 aliphatic carbocycles. The molecule has 0 saturated heterocycles. The second-order valence-electron chi connectivity index (χ2n) is 5.62. The van der Waals surface area contributed by atoms with Crippen LogP contribution in [0.5, 0.6) is 17.4 Å². The van der Waals surface area contributed by atoms with E-state index in [0.717, 1.165) is 17.0 Å². The Bertz CT molecular complexity index is 967. The molecule has 1 aromatic heterocycles. The number of nitrogens with zero attached hydrogens (tertiary/aromatic N) is 3. The molecule has 26 heavy (non-hydrogen) atoms. The van der Waals surface area contributed by atoms with E-state index in [0.29, 0.717) is 22.3 Å². The van der Waals surface area contributed by atoms with Gasteiger partial charge in [0.15, 0.2) is 23.4 Å². The first kappa shape index (κ1) is 16.5. The van der Waals surface area contributed by atoms with Gasteiger partial charge in [0, 0.05) is 16.8 Å². The van der Waals surface area contributed by atoms with Gasteiger partial charge >= 0.3 is 0 Å². The lowest BCUT2D eigenvalue weighted by Gasteiger charge is -2.19. The van der Waals surface area contributed by atoms with Gasteiger partial charge in [-0.3, -0.25) is 0 Å². The summed E-state index contributed by atoms with van der Waals surface area (Å²) in [6, 6.07) is 12.2. The topological polar surface area (TPSA) is 100 Å². The average molecular weight is 368 g/mol. The minimum atomic E-state index is -0.611. The van der Waals surface area contributed by atoms with Crippen molar-refractivity contribution in [3.05, 3.63) is 48.0 Å². The minimum absolute atomic E-state index is 0.186. The van der Waals surface area contributed by atoms with Gasteiger partial charge in [-0.05, 0) is 30.0 Å². The molecule has 8 heteroatoms. The Balaban J connectivity index is 1.83. The summed E-state index contributed by atoms with van der Waals surface area (Å²) in [6.45, 7) is 2.01. The fourth-order valence-electron chi connectivity index (χ4n) is 2.69. The molecule has 3 N–H and O–H groups in total. The molecule has 0 radical (unpaired) electrons. The maximum atomic E-state index is 9.83. The first-order valence-corrected chi connectivity index (χ1v) is 9.06. The lowest BCUT2D eigenvalue weighted by atomic mass is 10.1. The summed E-state index contributed by atoms with van der Waals surface area (Å²) >= 11 is 1.48. The van der Waals surface area contributed by atoms with Crippen LogP contribution in [0.15, 0.2) is 47.6 Å². The third-order valence-electron chi connectivity index (χ3n) is 3.91. The number of rotatable bonds is 3. The summed E-state index contributed by atoms with van der Waals surface area (Å²) in [4.78, 5) is 4.49. The monoisotopic (exact) mass is 368 g/mol. The van der Waals surface area contributed by atoms with E-state index in [-0.39, 0.29) is 11.5 Å². The van der Waals surface area contributed by atoms with Gasteiger partial charge in [0.1, 0.15) is 0 Å². The summed E-state index contributed by atoms with van der Waals surface area (Å²) < 4.78 is 6.08. The number of aromatic nitrogens is 3. The largest absolute Gasteiger partial charge is 0.504 e. The van der Waals surface area contributed by atoms with Crippen molar-refractivity contribution >= 4 is 17.4 Å². The Labute approximate surface area is 154 Å². The van der Waals surface area contributed by atoms with Crippen LogP contribution in [-0.2, 0) is 0 Å². The van der Waals surface area contributed by atoms with Gasteiger partial charge in [0.25, 0.3) is 0 Å². The third kappa shape index (κ3) is 2.99. The van der Waals surface area contributed by atoms with Crippen molar-refractivity contribution in [2.24, 2.45) is 0 Å². The number of hydrogen-bond donors (Lipinski definition) is 3. The van der Waals surface area contributed by atoms with Crippen LogP contribution in [0.3, 0.4) is 0 Å². The van der Waals surface area contributed by atoms with Crippen LogP contribution in [0, 0.1) is 0 Å². The van der Waals surface area contributed by atoms with Crippen molar-refractivity contribution in [3.8, 4) is 28.6 Å². The Morgan fingerprint density at radius 1 is 1.12 bits per heavy atom. The van der Waals surface area contributed by atoms with Gasteiger partial charge in [-0.25, -0.2) is 0 Å². The number of benzene rings is 2. The Morgan fingerprint density at radius 2 is 1.96 bits per heavy atom. The summed E-state index contributed by atoms with van der Waals surface area (Å²) in [6.07, 6.45) is -0.611. The van der Waals surface area contributed by atoms with Crippen LogP contribution in [-0.4, -0.2) is 31.1 Å². The first-order valence-electron chi connectivity index (χ1n) is 8.07. The summed E-state index contributed by atoms with van der Waals surface area (Å²) in [5.74, 6) is 0.790. The van der Waals surface area contributed by atoms with E-state index in [2.05, 4.69) is 20.5 Å². The fraction of sp³-hybridized carbons (Fsp3) is 0.167. The van der Waals surface area contributed by atoms with Crippen LogP contribution in [0.25, 0.3) is 11.3 Å². The quantitative estimate of drug-likeness (QED) is 0.477. The first-order chi connectivity index (χ1) is 12.7. The zero-order valence-electron chi connectivity index (χ0n) is 13.9. The van der Waals surface area contributed by atoms with Gasteiger partial charge in [-0.1, -0.05) is 36.9 Å². The van der Waals surface area contributed by atoms with E-state index in [1.54, 1.807) is 6.07 Å². The lowest BCUT2D eigenvalue weighted by molar-refractivity contribution is 0.224. The number of aromatic hydroxyl groups is 2. The van der Waals surface area contributed by atoms with E-state index < -0.39 is 6.23 Å². The number of hydrogen-bond acceptors (Lipinski definition) is 8. The number of phenolic OH excluding ortho intramolecular Hbond substituents is 2. The van der Waals surface area contributed by atoms with E-state index in [1.165, 1.54) is 23.9 Å². The second kappa shape index (κ2) is 6.72. The van der Waals surface area contributed by atoms with E-state index in [1.807, 2.05) is 31.2 Å². The second-order valence-corrected chi connectivity index (χ2v) is 6.85. The SMILES string of the molecule is CCSc1nnc2c(n1)O[C@H](c1ccc(O)c(O)c1)Nc1ccccc1-2. The Kier molecular flexibility index (Phi) is 4.26. The standard InChI is InChI=1S/C18H16N4O3S/c1-2-26-18-20-17-15(21-22-18)11-5-3-4-6-12(11)19-16(25-17)10-7-8-13(23)14(24)9-10/h3-9,16,19,23-24H,2H2,1H3/t16-/m1/s1. The molecule has 3 aromatic rings. The van der Waals surface area contributed by atoms with E-state index in [9.17, 15) is 10.2 Å². The smallest absolute Gasteiger partial charge is 0.247 e.